The van der Waals surface area contributed by atoms with E-state index in [-0.39, 0.29) is 0 Å². The SMILES string of the molecule is NCC1CCCCCN1CCc1cccnc1. The fourth-order valence-corrected chi connectivity index (χ4v) is 2.62. The normalized spacial score (nSPS) is 22.3. The Kier molecular flexibility index (Phi) is 4.95. The zero-order valence-electron chi connectivity index (χ0n) is 10.5. The van der Waals surface area contributed by atoms with Gasteiger partial charge in [0.05, 0.1) is 0 Å². The first-order chi connectivity index (χ1) is 8.40. The van der Waals surface area contributed by atoms with Gasteiger partial charge in [0.1, 0.15) is 0 Å². The summed E-state index contributed by atoms with van der Waals surface area (Å²) in [5.74, 6) is 0. The van der Waals surface area contributed by atoms with Crippen LogP contribution in [0.2, 0.25) is 0 Å². The molecule has 94 valence electrons. The number of likely N-dealkylation sites (tertiary alicyclic amines) is 1. The van der Waals surface area contributed by atoms with Gasteiger partial charge >= 0.3 is 0 Å². The van der Waals surface area contributed by atoms with Gasteiger partial charge in [-0.05, 0) is 37.4 Å². The molecule has 3 nitrogen and oxygen atoms in total. The van der Waals surface area contributed by atoms with Crippen molar-refractivity contribution in [1.29, 1.82) is 0 Å². The van der Waals surface area contributed by atoms with Gasteiger partial charge in [0.25, 0.3) is 0 Å². The van der Waals surface area contributed by atoms with Crippen LogP contribution in [0, 0.1) is 0 Å². The summed E-state index contributed by atoms with van der Waals surface area (Å²) in [6, 6.07) is 4.76. The molecular formula is C14H23N3. The van der Waals surface area contributed by atoms with Crippen LogP contribution in [0.15, 0.2) is 24.5 Å². The Hall–Kier alpha value is -0.930. The lowest BCUT2D eigenvalue weighted by atomic mass is 10.1. The molecule has 0 spiro atoms. The van der Waals surface area contributed by atoms with Crippen molar-refractivity contribution in [3.05, 3.63) is 30.1 Å². The third kappa shape index (κ3) is 3.79. The predicted octanol–water partition coefficient (Wildman–Crippen LogP) is 1.83. The second kappa shape index (κ2) is 6.72. The number of pyridine rings is 1. The van der Waals surface area contributed by atoms with Crippen LogP contribution in [0.4, 0.5) is 0 Å². The van der Waals surface area contributed by atoms with E-state index in [1.165, 1.54) is 37.8 Å². The Bertz CT molecular complexity index is 313. The third-order valence-corrected chi connectivity index (χ3v) is 3.68. The summed E-state index contributed by atoms with van der Waals surface area (Å²) in [5.41, 5.74) is 7.20. The van der Waals surface area contributed by atoms with Crippen molar-refractivity contribution in [2.75, 3.05) is 19.6 Å². The highest BCUT2D eigenvalue weighted by molar-refractivity contribution is 5.08. The molecule has 1 aromatic rings. The molecule has 17 heavy (non-hydrogen) atoms. The molecule has 0 bridgehead atoms. The van der Waals surface area contributed by atoms with Crippen molar-refractivity contribution in [1.82, 2.24) is 9.88 Å². The molecule has 1 aliphatic rings. The van der Waals surface area contributed by atoms with Gasteiger partial charge in [-0.25, -0.2) is 0 Å². The number of rotatable bonds is 4. The Morgan fingerprint density at radius 2 is 2.29 bits per heavy atom. The fraction of sp³-hybridized carbons (Fsp3) is 0.643. The summed E-state index contributed by atoms with van der Waals surface area (Å²) in [7, 11) is 0. The Morgan fingerprint density at radius 3 is 3.06 bits per heavy atom. The average molecular weight is 233 g/mol. The Morgan fingerprint density at radius 1 is 1.35 bits per heavy atom. The second-order valence-electron chi connectivity index (χ2n) is 4.89. The van der Waals surface area contributed by atoms with Crippen LogP contribution in [0.25, 0.3) is 0 Å². The highest BCUT2D eigenvalue weighted by Crippen LogP contribution is 2.16. The van der Waals surface area contributed by atoms with E-state index >= 15 is 0 Å². The van der Waals surface area contributed by atoms with E-state index < -0.39 is 0 Å². The van der Waals surface area contributed by atoms with Crippen LogP contribution >= 0.6 is 0 Å². The largest absolute Gasteiger partial charge is 0.329 e. The van der Waals surface area contributed by atoms with Gasteiger partial charge in [0, 0.05) is 31.5 Å². The highest BCUT2D eigenvalue weighted by atomic mass is 15.2. The number of hydrogen-bond donors (Lipinski definition) is 1. The first-order valence-corrected chi connectivity index (χ1v) is 6.73. The highest BCUT2D eigenvalue weighted by Gasteiger charge is 2.18. The summed E-state index contributed by atoms with van der Waals surface area (Å²) in [4.78, 5) is 6.73. The lowest BCUT2D eigenvalue weighted by Gasteiger charge is -2.28. The minimum Gasteiger partial charge on any atom is -0.329 e. The van der Waals surface area contributed by atoms with E-state index in [0.29, 0.717) is 6.04 Å². The van der Waals surface area contributed by atoms with Crippen molar-refractivity contribution in [3.63, 3.8) is 0 Å². The summed E-state index contributed by atoms with van der Waals surface area (Å²) in [5, 5.41) is 0. The first kappa shape index (κ1) is 12.5. The second-order valence-corrected chi connectivity index (χ2v) is 4.89. The molecule has 1 unspecified atom stereocenters. The summed E-state index contributed by atoms with van der Waals surface area (Å²) in [6.45, 7) is 3.13. The van der Waals surface area contributed by atoms with Gasteiger partial charge in [0.2, 0.25) is 0 Å². The van der Waals surface area contributed by atoms with Crippen molar-refractivity contribution in [2.45, 2.75) is 38.1 Å². The lowest BCUT2D eigenvalue weighted by molar-refractivity contribution is 0.207. The smallest absolute Gasteiger partial charge is 0.0300 e. The molecule has 1 aliphatic heterocycles. The van der Waals surface area contributed by atoms with Crippen molar-refractivity contribution in [2.24, 2.45) is 5.73 Å². The van der Waals surface area contributed by atoms with Gasteiger partial charge in [-0.1, -0.05) is 18.9 Å². The molecule has 1 fully saturated rings. The minimum absolute atomic E-state index is 0.592. The maximum absolute atomic E-state index is 5.88. The standard InChI is InChI=1S/C14H23N3/c15-11-14-6-2-1-3-9-17(14)10-7-13-5-4-8-16-12-13/h4-5,8,12,14H,1-3,6-7,9-11,15H2. The molecule has 0 radical (unpaired) electrons. The monoisotopic (exact) mass is 233 g/mol. The molecule has 1 saturated heterocycles. The van der Waals surface area contributed by atoms with Gasteiger partial charge < -0.3 is 5.73 Å². The maximum Gasteiger partial charge on any atom is 0.0300 e. The van der Waals surface area contributed by atoms with Crippen LogP contribution in [0.1, 0.15) is 31.2 Å². The third-order valence-electron chi connectivity index (χ3n) is 3.68. The topological polar surface area (TPSA) is 42.1 Å². The molecule has 3 heteroatoms. The van der Waals surface area contributed by atoms with Gasteiger partial charge in [-0.3, -0.25) is 9.88 Å². The van der Waals surface area contributed by atoms with Crippen LogP contribution in [0.5, 0.6) is 0 Å². The van der Waals surface area contributed by atoms with E-state index in [9.17, 15) is 0 Å². The number of nitrogens with two attached hydrogens (primary N) is 1. The van der Waals surface area contributed by atoms with E-state index in [2.05, 4.69) is 16.0 Å². The summed E-state index contributed by atoms with van der Waals surface area (Å²) in [6.07, 6.45) is 10.2. The maximum atomic E-state index is 5.88. The van der Waals surface area contributed by atoms with Crippen molar-refractivity contribution in [3.8, 4) is 0 Å². The first-order valence-electron chi connectivity index (χ1n) is 6.73. The molecular weight excluding hydrogens is 210 g/mol. The predicted molar refractivity (Wildman–Crippen MR) is 70.8 cm³/mol. The summed E-state index contributed by atoms with van der Waals surface area (Å²) >= 11 is 0. The Labute approximate surface area is 104 Å². The molecule has 2 N–H and O–H groups in total. The fourth-order valence-electron chi connectivity index (χ4n) is 2.62. The van der Waals surface area contributed by atoms with E-state index in [1.54, 1.807) is 0 Å². The van der Waals surface area contributed by atoms with E-state index in [1.807, 2.05) is 18.5 Å². The van der Waals surface area contributed by atoms with Crippen LogP contribution in [-0.2, 0) is 6.42 Å². The van der Waals surface area contributed by atoms with Crippen molar-refractivity contribution < 1.29 is 0 Å². The van der Waals surface area contributed by atoms with E-state index in [0.717, 1.165) is 19.5 Å². The molecule has 0 aliphatic carbocycles. The van der Waals surface area contributed by atoms with Crippen molar-refractivity contribution >= 4 is 0 Å². The van der Waals surface area contributed by atoms with Crippen LogP contribution in [0.3, 0.4) is 0 Å². The van der Waals surface area contributed by atoms with Crippen LogP contribution < -0.4 is 5.73 Å². The lowest BCUT2D eigenvalue weighted by Crippen LogP contribution is -2.41. The summed E-state index contributed by atoms with van der Waals surface area (Å²) < 4.78 is 0. The molecule has 0 amide bonds. The van der Waals surface area contributed by atoms with Gasteiger partial charge in [-0.15, -0.1) is 0 Å². The number of aromatic nitrogens is 1. The quantitative estimate of drug-likeness (QED) is 0.862. The molecule has 2 heterocycles. The Balaban J connectivity index is 1.87. The molecule has 0 aromatic carbocycles. The number of hydrogen-bond acceptors (Lipinski definition) is 3. The minimum atomic E-state index is 0.592. The van der Waals surface area contributed by atoms with Crippen LogP contribution in [-0.4, -0.2) is 35.6 Å². The zero-order valence-corrected chi connectivity index (χ0v) is 10.5. The molecule has 0 saturated carbocycles. The average Bonchev–Trinajstić information content (AvgIpc) is 2.62. The number of nitrogens with zero attached hydrogens (tertiary/aromatic N) is 2. The molecule has 1 atom stereocenters. The van der Waals surface area contributed by atoms with E-state index in [4.69, 9.17) is 5.73 Å². The zero-order chi connectivity index (χ0) is 11.9. The van der Waals surface area contributed by atoms with Gasteiger partial charge in [0.15, 0.2) is 0 Å². The van der Waals surface area contributed by atoms with Gasteiger partial charge in [-0.2, -0.15) is 0 Å². The molecule has 2 rings (SSSR count). The molecule has 1 aromatic heterocycles.